The summed E-state index contributed by atoms with van der Waals surface area (Å²) in [7, 11) is 1.52. The van der Waals surface area contributed by atoms with Crippen molar-refractivity contribution in [2.45, 2.75) is 0 Å². The number of anilines is 1. The fraction of sp³-hybridized carbons (Fsp3) is 0.222. The van der Waals surface area contributed by atoms with Crippen LogP contribution in [0.15, 0.2) is 12.1 Å². The molecule has 0 bridgehead atoms. The monoisotopic (exact) mass is 195 g/mol. The Hall–Kier alpha value is -1.91. The first-order valence-electron chi connectivity index (χ1n) is 4.03. The highest BCUT2D eigenvalue weighted by molar-refractivity contribution is 5.77. The SMILES string of the molecule is COc1cc2c(cc1NC=O)OCO2. The summed E-state index contributed by atoms with van der Waals surface area (Å²) >= 11 is 0. The second-order valence-electron chi connectivity index (χ2n) is 2.67. The molecule has 0 spiro atoms. The molecule has 1 heterocycles. The zero-order valence-corrected chi connectivity index (χ0v) is 7.57. The van der Waals surface area contributed by atoms with Crippen LogP contribution in [-0.2, 0) is 4.79 Å². The molecule has 1 aromatic rings. The van der Waals surface area contributed by atoms with E-state index in [1.165, 1.54) is 7.11 Å². The average molecular weight is 195 g/mol. The number of nitrogens with one attached hydrogen (secondary N) is 1. The number of fused-ring (bicyclic) bond motifs is 1. The van der Waals surface area contributed by atoms with Crippen LogP contribution >= 0.6 is 0 Å². The van der Waals surface area contributed by atoms with Gasteiger partial charge in [0.25, 0.3) is 0 Å². The van der Waals surface area contributed by atoms with Gasteiger partial charge in [-0.1, -0.05) is 0 Å². The molecule has 1 aromatic carbocycles. The molecule has 1 aliphatic heterocycles. The number of methoxy groups -OCH3 is 1. The predicted molar refractivity (Wildman–Crippen MR) is 48.8 cm³/mol. The third kappa shape index (κ3) is 1.32. The van der Waals surface area contributed by atoms with Gasteiger partial charge in [0.1, 0.15) is 5.75 Å². The Labute approximate surface area is 80.6 Å². The highest BCUT2D eigenvalue weighted by atomic mass is 16.7. The van der Waals surface area contributed by atoms with Crippen LogP contribution in [0.4, 0.5) is 5.69 Å². The van der Waals surface area contributed by atoms with Crippen molar-refractivity contribution in [3.63, 3.8) is 0 Å². The summed E-state index contributed by atoms with van der Waals surface area (Å²) in [6.07, 6.45) is 0.583. The van der Waals surface area contributed by atoms with Gasteiger partial charge in [-0.15, -0.1) is 0 Å². The van der Waals surface area contributed by atoms with Crippen LogP contribution in [0.1, 0.15) is 0 Å². The lowest BCUT2D eigenvalue weighted by Gasteiger charge is -2.07. The van der Waals surface area contributed by atoms with E-state index in [4.69, 9.17) is 14.2 Å². The van der Waals surface area contributed by atoms with Gasteiger partial charge in [-0.2, -0.15) is 0 Å². The minimum Gasteiger partial charge on any atom is -0.494 e. The Morgan fingerprint density at radius 3 is 2.79 bits per heavy atom. The Morgan fingerprint density at radius 2 is 2.14 bits per heavy atom. The average Bonchev–Trinajstić information content (AvgIpc) is 2.64. The maximum absolute atomic E-state index is 10.3. The molecule has 1 N–H and O–H groups in total. The van der Waals surface area contributed by atoms with Gasteiger partial charge in [0.2, 0.25) is 13.2 Å². The minimum absolute atomic E-state index is 0.197. The van der Waals surface area contributed by atoms with Crippen LogP contribution in [-0.4, -0.2) is 20.3 Å². The van der Waals surface area contributed by atoms with E-state index in [1.807, 2.05) is 0 Å². The molecule has 1 amide bonds. The van der Waals surface area contributed by atoms with E-state index in [1.54, 1.807) is 12.1 Å². The zero-order valence-electron chi connectivity index (χ0n) is 7.57. The molecule has 0 aromatic heterocycles. The van der Waals surface area contributed by atoms with Gasteiger partial charge in [-0.05, 0) is 0 Å². The van der Waals surface area contributed by atoms with Crippen LogP contribution in [0.5, 0.6) is 17.2 Å². The number of hydrogen-bond acceptors (Lipinski definition) is 4. The molecule has 0 aliphatic carbocycles. The lowest BCUT2D eigenvalue weighted by Crippen LogP contribution is -1.97. The van der Waals surface area contributed by atoms with E-state index in [0.29, 0.717) is 29.3 Å². The molecule has 0 fully saturated rings. The normalized spacial score (nSPS) is 12.4. The predicted octanol–water partition coefficient (Wildman–Crippen LogP) is 0.992. The second-order valence-corrected chi connectivity index (χ2v) is 2.67. The maximum Gasteiger partial charge on any atom is 0.231 e. The molecular formula is C9H9NO4. The van der Waals surface area contributed by atoms with Gasteiger partial charge in [0.05, 0.1) is 12.8 Å². The Bertz CT molecular complexity index is 364. The van der Waals surface area contributed by atoms with E-state index in [-0.39, 0.29) is 6.79 Å². The molecule has 5 heteroatoms. The number of carbonyl (C=O) groups is 1. The summed E-state index contributed by atoms with van der Waals surface area (Å²) in [6.45, 7) is 0.197. The van der Waals surface area contributed by atoms with Gasteiger partial charge in [0.15, 0.2) is 11.5 Å². The second kappa shape index (κ2) is 3.45. The maximum atomic E-state index is 10.3. The molecule has 1 aliphatic rings. The standard InChI is InChI=1S/C9H9NO4/c1-12-7-3-9-8(13-5-14-9)2-6(7)10-4-11/h2-4H,5H2,1H3,(H,10,11). The summed E-state index contributed by atoms with van der Waals surface area (Å²) in [5.74, 6) is 1.77. The fourth-order valence-electron chi connectivity index (χ4n) is 1.27. The molecular weight excluding hydrogens is 186 g/mol. The van der Waals surface area contributed by atoms with Crippen LogP contribution in [0.3, 0.4) is 0 Å². The topological polar surface area (TPSA) is 56.8 Å². The quantitative estimate of drug-likeness (QED) is 0.731. The van der Waals surface area contributed by atoms with Gasteiger partial charge in [0, 0.05) is 12.1 Å². The Balaban J connectivity index is 2.43. The summed E-state index contributed by atoms with van der Waals surface area (Å²) in [5.41, 5.74) is 0.562. The zero-order chi connectivity index (χ0) is 9.97. The van der Waals surface area contributed by atoms with E-state index in [9.17, 15) is 4.79 Å². The van der Waals surface area contributed by atoms with E-state index >= 15 is 0 Å². The van der Waals surface area contributed by atoms with Gasteiger partial charge >= 0.3 is 0 Å². The number of amides is 1. The first kappa shape index (κ1) is 8.68. The van der Waals surface area contributed by atoms with Crippen molar-refractivity contribution in [3.8, 4) is 17.2 Å². The molecule has 0 saturated carbocycles. The number of rotatable bonds is 3. The third-order valence-corrected chi connectivity index (χ3v) is 1.91. The molecule has 14 heavy (non-hydrogen) atoms. The van der Waals surface area contributed by atoms with Crippen molar-refractivity contribution in [1.29, 1.82) is 0 Å². The van der Waals surface area contributed by atoms with Crippen molar-refractivity contribution in [1.82, 2.24) is 0 Å². The highest BCUT2D eigenvalue weighted by Crippen LogP contribution is 2.40. The summed E-state index contributed by atoms with van der Waals surface area (Å²) < 4.78 is 15.4. The largest absolute Gasteiger partial charge is 0.494 e. The molecule has 74 valence electrons. The fourth-order valence-corrected chi connectivity index (χ4v) is 1.27. The lowest BCUT2D eigenvalue weighted by molar-refractivity contribution is -0.105. The first-order chi connectivity index (χ1) is 6.85. The van der Waals surface area contributed by atoms with Crippen LogP contribution < -0.4 is 19.5 Å². The lowest BCUT2D eigenvalue weighted by atomic mass is 10.2. The molecule has 0 unspecified atom stereocenters. The third-order valence-electron chi connectivity index (χ3n) is 1.91. The van der Waals surface area contributed by atoms with Gasteiger partial charge < -0.3 is 19.5 Å². The van der Waals surface area contributed by atoms with Gasteiger partial charge in [-0.25, -0.2) is 0 Å². The first-order valence-corrected chi connectivity index (χ1v) is 4.03. The summed E-state index contributed by atoms with van der Waals surface area (Å²) in [5, 5.41) is 2.52. The van der Waals surface area contributed by atoms with Gasteiger partial charge in [-0.3, -0.25) is 4.79 Å². The summed E-state index contributed by atoms with van der Waals surface area (Å²) in [4.78, 5) is 10.3. The number of carbonyl (C=O) groups excluding carboxylic acids is 1. The summed E-state index contributed by atoms with van der Waals surface area (Å²) in [6, 6.07) is 3.34. The molecule has 5 nitrogen and oxygen atoms in total. The van der Waals surface area contributed by atoms with E-state index in [0.717, 1.165) is 0 Å². The van der Waals surface area contributed by atoms with Crippen LogP contribution in [0.25, 0.3) is 0 Å². The van der Waals surface area contributed by atoms with Crippen molar-refractivity contribution >= 4 is 12.1 Å². The van der Waals surface area contributed by atoms with E-state index < -0.39 is 0 Å². The Morgan fingerprint density at radius 1 is 1.43 bits per heavy atom. The van der Waals surface area contributed by atoms with Crippen molar-refractivity contribution < 1.29 is 19.0 Å². The van der Waals surface area contributed by atoms with Crippen LogP contribution in [0, 0.1) is 0 Å². The number of benzene rings is 1. The molecule has 2 rings (SSSR count). The Kier molecular flexibility index (Phi) is 2.14. The number of hydrogen-bond donors (Lipinski definition) is 1. The van der Waals surface area contributed by atoms with E-state index in [2.05, 4.69) is 5.32 Å². The van der Waals surface area contributed by atoms with Crippen molar-refractivity contribution in [3.05, 3.63) is 12.1 Å². The number of ether oxygens (including phenoxy) is 3. The van der Waals surface area contributed by atoms with Crippen molar-refractivity contribution in [2.75, 3.05) is 19.2 Å². The van der Waals surface area contributed by atoms with Crippen LogP contribution in [0.2, 0.25) is 0 Å². The molecule has 0 saturated heterocycles. The molecule has 0 atom stereocenters. The minimum atomic E-state index is 0.197. The van der Waals surface area contributed by atoms with Crippen molar-refractivity contribution in [2.24, 2.45) is 0 Å². The highest BCUT2D eigenvalue weighted by Gasteiger charge is 2.17. The smallest absolute Gasteiger partial charge is 0.231 e. The molecule has 0 radical (unpaired) electrons.